The first-order valence-corrected chi connectivity index (χ1v) is 12.5. The molecule has 0 saturated heterocycles. The summed E-state index contributed by atoms with van der Waals surface area (Å²) in [6, 6.07) is 5.86. The molecule has 1 aliphatic heterocycles. The molecule has 38 heavy (non-hydrogen) atoms. The first-order valence-electron chi connectivity index (χ1n) is 12.5. The van der Waals surface area contributed by atoms with Crippen LogP contribution in [-0.2, 0) is 31.0 Å². The molecule has 1 aromatic heterocycles. The summed E-state index contributed by atoms with van der Waals surface area (Å²) in [5.74, 6) is -1.98. The predicted octanol–water partition coefficient (Wildman–Crippen LogP) is 3.93. The van der Waals surface area contributed by atoms with Gasteiger partial charge in [-0.25, -0.2) is 19.6 Å². The molecular weight excluding hydrogens is 492 g/mol. The molecule has 0 radical (unpaired) electrons. The van der Waals surface area contributed by atoms with Crippen LogP contribution in [0.4, 0.5) is 16.4 Å². The van der Waals surface area contributed by atoms with Crippen LogP contribution in [0.3, 0.4) is 0 Å². The Morgan fingerprint density at radius 3 is 2.50 bits per heavy atom. The van der Waals surface area contributed by atoms with E-state index < -0.39 is 29.9 Å². The van der Waals surface area contributed by atoms with Crippen molar-refractivity contribution in [1.29, 1.82) is 0 Å². The van der Waals surface area contributed by atoms with Gasteiger partial charge in [-0.2, -0.15) is 0 Å². The van der Waals surface area contributed by atoms with Gasteiger partial charge in [0, 0.05) is 37.3 Å². The number of ketones is 1. The second-order valence-corrected chi connectivity index (χ2v) is 10.5. The Kier molecular flexibility index (Phi) is 7.39. The van der Waals surface area contributed by atoms with Crippen molar-refractivity contribution < 1.29 is 33.4 Å². The molecule has 2 aliphatic rings. The number of anilines is 2. The fraction of sp³-hybridized carbons (Fsp3) is 0.481. The number of benzene rings is 1. The van der Waals surface area contributed by atoms with Crippen molar-refractivity contribution in [3.8, 4) is 0 Å². The minimum absolute atomic E-state index is 0.0584. The third-order valence-corrected chi connectivity index (χ3v) is 6.25. The number of fused-ring (bicyclic) bond motifs is 2. The summed E-state index contributed by atoms with van der Waals surface area (Å²) in [4.78, 5) is 59.2. The average molecular weight is 525 g/mol. The number of aromatic nitrogens is 2. The lowest BCUT2D eigenvalue weighted by Gasteiger charge is -2.36. The van der Waals surface area contributed by atoms with E-state index >= 15 is 0 Å². The summed E-state index contributed by atoms with van der Waals surface area (Å²) in [7, 11) is 0. The molecular formula is C27H32N4O7. The molecule has 1 amide bonds. The average Bonchev–Trinajstić information content (AvgIpc) is 3.60. The number of ether oxygens (including phenoxy) is 3. The van der Waals surface area contributed by atoms with Gasteiger partial charge < -0.3 is 24.4 Å². The summed E-state index contributed by atoms with van der Waals surface area (Å²) in [6.45, 7) is 8.90. The second kappa shape index (κ2) is 10.4. The first kappa shape index (κ1) is 27.0. The van der Waals surface area contributed by atoms with E-state index in [0.717, 1.165) is 18.4 Å². The van der Waals surface area contributed by atoms with E-state index in [1.54, 1.807) is 11.8 Å². The van der Waals surface area contributed by atoms with Crippen LogP contribution in [0, 0.1) is 0 Å². The quantitative estimate of drug-likeness (QED) is 0.322. The topological polar surface area (TPSA) is 137 Å². The number of carbonyl (C=O) groups is 4. The number of rotatable bonds is 7. The Balaban J connectivity index is 1.59. The van der Waals surface area contributed by atoms with E-state index in [2.05, 4.69) is 15.3 Å². The maximum atomic E-state index is 12.8. The predicted molar refractivity (Wildman–Crippen MR) is 136 cm³/mol. The van der Waals surface area contributed by atoms with Crippen LogP contribution >= 0.6 is 0 Å². The Hall–Kier alpha value is -4.02. The smallest absolute Gasteiger partial charge is 0.410 e. The van der Waals surface area contributed by atoms with Gasteiger partial charge in [-0.1, -0.05) is 6.07 Å². The van der Waals surface area contributed by atoms with Crippen molar-refractivity contribution in [2.45, 2.75) is 65.0 Å². The molecule has 0 bridgehead atoms. The maximum Gasteiger partial charge on any atom is 0.410 e. The molecule has 1 spiro atoms. The zero-order valence-electron chi connectivity index (χ0n) is 22.3. The summed E-state index contributed by atoms with van der Waals surface area (Å²) in [6.07, 6.45) is 2.86. The molecule has 1 N–H and O–H groups in total. The number of esters is 2. The number of hydrogen-bond donors (Lipinski definition) is 1. The van der Waals surface area contributed by atoms with E-state index in [9.17, 15) is 19.2 Å². The molecule has 1 fully saturated rings. The highest BCUT2D eigenvalue weighted by molar-refractivity contribution is 6.05. The molecule has 4 rings (SSSR count). The van der Waals surface area contributed by atoms with Gasteiger partial charge in [-0.05, 0) is 63.8 Å². The summed E-state index contributed by atoms with van der Waals surface area (Å²) in [5, 5.41) is 3.07. The van der Waals surface area contributed by atoms with E-state index in [-0.39, 0.29) is 35.3 Å². The van der Waals surface area contributed by atoms with Gasteiger partial charge in [-0.3, -0.25) is 9.59 Å². The highest BCUT2D eigenvalue weighted by atomic mass is 16.6. The molecule has 2 heterocycles. The largest absolute Gasteiger partial charge is 0.462 e. The number of hydrogen-bond acceptors (Lipinski definition) is 10. The number of nitrogens with one attached hydrogen (secondary N) is 1. The molecule has 1 aromatic carbocycles. The second-order valence-electron chi connectivity index (χ2n) is 10.5. The highest BCUT2D eigenvalue weighted by Gasteiger charge is 2.50. The number of Topliss-reactive ketones (excluding diaryl/α,β-unsaturated/α-hetero) is 1. The van der Waals surface area contributed by atoms with Crippen LogP contribution in [0.5, 0.6) is 0 Å². The summed E-state index contributed by atoms with van der Waals surface area (Å²) in [5.41, 5.74) is 1.86. The van der Waals surface area contributed by atoms with Gasteiger partial charge in [0.1, 0.15) is 16.9 Å². The van der Waals surface area contributed by atoms with Crippen LogP contribution in [-0.4, -0.2) is 64.0 Å². The van der Waals surface area contributed by atoms with Crippen LogP contribution in [0.15, 0.2) is 24.4 Å². The molecule has 1 aliphatic carbocycles. The Bertz CT molecular complexity index is 1280. The molecule has 11 heteroatoms. The number of carbonyl (C=O) groups excluding carboxylic acids is 4. The van der Waals surface area contributed by atoms with E-state index in [1.165, 1.54) is 18.7 Å². The molecule has 202 valence electrons. The van der Waals surface area contributed by atoms with Gasteiger partial charge >= 0.3 is 18.0 Å². The lowest BCUT2D eigenvalue weighted by atomic mass is 9.87. The minimum Gasteiger partial charge on any atom is -0.462 e. The Labute approximate surface area is 220 Å². The Morgan fingerprint density at radius 2 is 1.87 bits per heavy atom. The Morgan fingerprint density at radius 1 is 1.13 bits per heavy atom. The third kappa shape index (κ3) is 6.09. The molecule has 0 atom stereocenters. The molecule has 1 saturated carbocycles. The fourth-order valence-electron chi connectivity index (χ4n) is 4.44. The third-order valence-electron chi connectivity index (χ3n) is 6.25. The van der Waals surface area contributed by atoms with Crippen molar-refractivity contribution in [2.75, 3.05) is 25.1 Å². The van der Waals surface area contributed by atoms with E-state index in [0.29, 0.717) is 18.8 Å². The van der Waals surface area contributed by atoms with Gasteiger partial charge in [-0.15, -0.1) is 0 Å². The first-order chi connectivity index (χ1) is 17.9. The van der Waals surface area contributed by atoms with Crippen molar-refractivity contribution in [1.82, 2.24) is 14.9 Å². The van der Waals surface area contributed by atoms with Crippen molar-refractivity contribution >= 4 is 35.5 Å². The number of nitrogens with zero attached hydrogens (tertiary/aromatic N) is 3. The van der Waals surface area contributed by atoms with Crippen molar-refractivity contribution in [2.24, 2.45) is 0 Å². The SMILES string of the molecule is CCOC(=O)c1cnc(Nc2ccc3c(c2)CN(C(=O)OC(C)(C)C)CC32CC2)nc1C(=O)COC(C)=O. The zero-order valence-corrected chi connectivity index (χ0v) is 22.3. The summed E-state index contributed by atoms with van der Waals surface area (Å²) >= 11 is 0. The lowest BCUT2D eigenvalue weighted by Crippen LogP contribution is -2.44. The standard InChI is InChI=1S/C27H32N4O7/c1-6-36-23(34)19-12-28-24(30-22(19)21(33)14-37-16(2)32)29-18-7-8-20-17(11-18)13-31(15-27(20)9-10-27)25(35)38-26(3,4)5/h7-8,11-12H,6,9-10,13-15H2,1-5H3,(H,28,29,30). The van der Waals surface area contributed by atoms with Crippen molar-refractivity contribution in [3.05, 3.63) is 46.8 Å². The lowest BCUT2D eigenvalue weighted by molar-refractivity contribution is -0.139. The summed E-state index contributed by atoms with van der Waals surface area (Å²) < 4.78 is 15.4. The van der Waals surface area contributed by atoms with Gasteiger partial charge in [0.05, 0.1) is 6.61 Å². The van der Waals surface area contributed by atoms with Crippen LogP contribution < -0.4 is 5.32 Å². The molecule has 2 aromatic rings. The number of amides is 1. The van der Waals surface area contributed by atoms with Gasteiger partial charge in [0.25, 0.3) is 0 Å². The van der Waals surface area contributed by atoms with Gasteiger partial charge in [0.15, 0.2) is 6.61 Å². The zero-order chi connectivity index (χ0) is 27.7. The molecule has 0 unspecified atom stereocenters. The minimum atomic E-state index is -0.754. The van der Waals surface area contributed by atoms with Crippen LogP contribution in [0.1, 0.15) is 79.4 Å². The van der Waals surface area contributed by atoms with E-state index in [1.807, 2.05) is 39.0 Å². The fourth-order valence-corrected chi connectivity index (χ4v) is 4.44. The normalized spacial score (nSPS) is 15.3. The van der Waals surface area contributed by atoms with Gasteiger partial charge in [0.2, 0.25) is 11.7 Å². The van der Waals surface area contributed by atoms with Crippen LogP contribution in [0.25, 0.3) is 0 Å². The van der Waals surface area contributed by atoms with Crippen LogP contribution in [0.2, 0.25) is 0 Å². The van der Waals surface area contributed by atoms with E-state index in [4.69, 9.17) is 14.2 Å². The maximum absolute atomic E-state index is 12.8. The molecule has 11 nitrogen and oxygen atoms in total. The van der Waals surface area contributed by atoms with Crippen molar-refractivity contribution in [3.63, 3.8) is 0 Å². The highest BCUT2D eigenvalue weighted by Crippen LogP contribution is 2.52. The monoisotopic (exact) mass is 524 g/mol.